The van der Waals surface area contributed by atoms with E-state index < -0.39 is 0 Å². The van der Waals surface area contributed by atoms with Crippen molar-refractivity contribution in [1.82, 2.24) is 0 Å². The topological polar surface area (TPSA) is 40.5 Å². The van der Waals surface area contributed by atoms with E-state index in [4.69, 9.17) is 0 Å². The van der Waals surface area contributed by atoms with E-state index in [2.05, 4.69) is 13.8 Å². The normalized spacial score (nSPS) is 39.5. The molecule has 2 N–H and O–H groups in total. The van der Waals surface area contributed by atoms with Crippen LogP contribution in [-0.2, 0) is 0 Å². The molecule has 1 aliphatic carbocycles. The van der Waals surface area contributed by atoms with E-state index >= 15 is 0 Å². The van der Waals surface area contributed by atoms with Crippen LogP contribution < -0.4 is 0 Å². The second kappa shape index (κ2) is 2.71. The number of hydrogen-bond donors (Lipinski definition) is 2. The lowest BCUT2D eigenvalue weighted by Crippen LogP contribution is -2.49. The number of hydrogen-bond acceptors (Lipinski definition) is 2. The molecular weight excluding hydrogens is 152 g/mol. The Labute approximate surface area is 74.6 Å². The third kappa shape index (κ3) is 1.64. The van der Waals surface area contributed by atoms with Gasteiger partial charge in [0.2, 0.25) is 0 Å². The first-order valence-corrected chi connectivity index (χ1v) is 4.62. The molecule has 0 aromatic carbocycles. The highest BCUT2D eigenvalue weighted by Crippen LogP contribution is 2.44. The van der Waals surface area contributed by atoms with Crippen molar-refractivity contribution in [1.29, 1.82) is 0 Å². The summed E-state index contributed by atoms with van der Waals surface area (Å²) in [6, 6.07) is 0. The smallest absolute Gasteiger partial charge is 0.0620 e. The molecule has 2 heteroatoms. The highest BCUT2D eigenvalue weighted by Gasteiger charge is 2.45. The van der Waals surface area contributed by atoms with Crippen molar-refractivity contribution < 1.29 is 10.2 Å². The molecule has 1 saturated carbocycles. The van der Waals surface area contributed by atoms with Gasteiger partial charge in [-0.1, -0.05) is 27.7 Å². The molecule has 0 spiro atoms. The van der Waals surface area contributed by atoms with Crippen molar-refractivity contribution in [2.45, 2.75) is 52.7 Å². The summed E-state index contributed by atoms with van der Waals surface area (Å²) < 4.78 is 0. The Kier molecular flexibility index (Phi) is 2.26. The molecule has 0 amide bonds. The standard InChI is InChI=1S/C10H20O2/c1-9(2)5-7(11)10(3,4)8(12)6-9/h7-8,11-12H,5-6H2,1-4H3/t7-,8-/m0/s1. The second-order valence-corrected chi connectivity index (χ2v) is 5.43. The van der Waals surface area contributed by atoms with E-state index in [0.29, 0.717) is 0 Å². The number of rotatable bonds is 0. The highest BCUT2D eigenvalue weighted by atomic mass is 16.3. The van der Waals surface area contributed by atoms with Crippen LogP contribution in [0.3, 0.4) is 0 Å². The molecule has 0 saturated heterocycles. The molecule has 0 bridgehead atoms. The van der Waals surface area contributed by atoms with E-state index in [1.165, 1.54) is 0 Å². The summed E-state index contributed by atoms with van der Waals surface area (Å²) in [4.78, 5) is 0. The zero-order valence-electron chi connectivity index (χ0n) is 8.46. The van der Waals surface area contributed by atoms with Crippen LogP contribution in [0, 0.1) is 10.8 Å². The highest BCUT2D eigenvalue weighted by molar-refractivity contribution is 4.95. The van der Waals surface area contributed by atoms with Crippen LogP contribution in [0.25, 0.3) is 0 Å². The Bertz CT molecular complexity index is 157. The third-order valence-corrected chi connectivity index (χ3v) is 3.21. The summed E-state index contributed by atoms with van der Waals surface area (Å²) in [5.74, 6) is 0. The molecular formula is C10H20O2. The summed E-state index contributed by atoms with van der Waals surface area (Å²) >= 11 is 0. The summed E-state index contributed by atoms with van der Waals surface area (Å²) in [5, 5.41) is 19.6. The molecule has 72 valence electrons. The molecule has 2 nitrogen and oxygen atoms in total. The van der Waals surface area contributed by atoms with Crippen molar-refractivity contribution >= 4 is 0 Å². The first-order valence-electron chi connectivity index (χ1n) is 4.62. The van der Waals surface area contributed by atoms with Crippen LogP contribution in [0.4, 0.5) is 0 Å². The fourth-order valence-electron chi connectivity index (χ4n) is 1.88. The number of aliphatic hydroxyl groups excluding tert-OH is 2. The van der Waals surface area contributed by atoms with Gasteiger partial charge in [0.05, 0.1) is 12.2 Å². The zero-order valence-corrected chi connectivity index (χ0v) is 8.46. The van der Waals surface area contributed by atoms with Gasteiger partial charge in [-0.2, -0.15) is 0 Å². The Hall–Kier alpha value is -0.0800. The van der Waals surface area contributed by atoms with E-state index in [1.807, 2.05) is 13.8 Å². The van der Waals surface area contributed by atoms with Crippen molar-refractivity contribution in [3.8, 4) is 0 Å². The Balaban J connectivity index is 2.78. The van der Waals surface area contributed by atoms with Crippen molar-refractivity contribution in [3.63, 3.8) is 0 Å². The average molecular weight is 172 g/mol. The maximum absolute atomic E-state index is 9.78. The van der Waals surface area contributed by atoms with E-state index in [0.717, 1.165) is 12.8 Å². The first kappa shape index (κ1) is 10.0. The summed E-state index contributed by atoms with van der Waals surface area (Å²) in [6.45, 7) is 8.04. The van der Waals surface area contributed by atoms with Crippen LogP contribution >= 0.6 is 0 Å². The SMILES string of the molecule is CC1(C)C[C@H](O)C(C)(C)[C@@H](O)C1. The van der Waals surface area contributed by atoms with Crippen LogP contribution in [0.5, 0.6) is 0 Å². The molecule has 1 aliphatic rings. The largest absolute Gasteiger partial charge is 0.392 e. The van der Waals surface area contributed by atoms with Gasteiger partial charge >= 0.3 is 0 Å². The van der Waals surface area contributed by atoms with E-state index in [-0.39, 0.29) is 23.0 Å². The van der Waals surface area contributed by atoms with Gasteiger partial charge in [0.15, 0.2) is 0 Å². The van der Waals surface area contributed by atoms with Crippen molar-refractivity contribution in [2.75, 3.05) is 0 Å². The Morgan fingerprint density at radius 3 is 1.58 bits per heavy atom. The van der Waals surface area contributed by atoms with Gasteiger partial charge in [-0.05, 0) is 18.3 Å². The van der Waals surface area contributed by atoms with Gasteiger partial charge in [-0.25, -0.2) is 0 Å². The zero-order chi connectivity index (χ0) is 9.57. The minimum absolute atomic E-state index is 0.0777. The van der Waals surface area contributed by atoms with Crippen molar-refractivity contribution in [2.24, 2.45) is 10.8 Å². The Morgan fingerprint density at radius 2 is 1.25 bits per heavy atom. The lowest BCUT2D eigenvalue weighted by atomic mass is 9.63. The monoisotopic (exact) mass is 172 g/mol. The lowest BCUT2D eigenvalue weighted by Gasteiger charge is -2.46. The predicted octanol–water partition coefficient (Wildman–Crippen LogP) is 1.55. The second-order valence-electron chi connectivity index (χ2n) is 5.43. The van der Waals surface area contributed by atoms with Crippen LogP contribution in [0.15, 0.2) is 0 Å². The molecule has 0 radical (unpaired) electrons. The predicted molar refractivity (Wildman–Crippen MR) is 48.8 cm³/mol. The fourth-order valence-corrected chi connectivity index (χ4v) is 1.88. The van der Waals surface area contributed by atoms with Gasteiger partial charge < -0.3 is 10.2 Å². The van der Waals surface area contributed by atoms with Gasteiger partial charge in [0.1, 0.15) is 0 Å². The molecule has 0 heterocycles. The fraction of sp³-hybridized carbons (Fsp3) is 1.00. The minimum atomic E-state index is -0.378. The molecule has 1 rings (SSSR count). The third-order valence-electron chi connectivity index (χ3n) is 3.21. The first-order chi connectivity index (χ1) is 5.26. The van der Waals surface area contributed by atoms with E-state index in [9.17, 15) is 10.2 Å². The average Bonchev–Trinajstić information content (AvgIpc) is 1.82. The van der Waals surface area contributed by atoms with Crippen molar-refractivity contribution in [3.05, 3.63) is 0 Å². The lowest BCUT2D eigenvalue weighted by molar-refractivity contribution is -0.116. The van der Waals surface area contributed by atoms with Gasteiger partial charge in [-0.15, -0.1) is 0 Å². The Morgan fingerprint density at radius 1 is 0.917 bits per heavy atom. The number of aliphatic hydroxyl groups is 2. The van der Waals surface area contributed by atoms with Crippen LogP contribution in [0.1, 0.15) is 40.5 Å². The molecule has 12 heavy (non-hydrogen) atoms. The summed E-state index contributed by atoms with van der Waals surface area (Å²) in [7, 11) is 0. The molecule has 0 aromatic rings. The van der Waals surface area contributed by atoms with Crippen LogP contribution in [-0.4, -0.2) is 22.4 Å². The van der Waals surface area contributed by atoms with E-state index in [1.54, 1.807) is 0 Å². The summed E-state index contributed by atoms with van der Waals surface area (Å²) in [6.07, 6.45) is 0.821. The quantitative estimate of drug-likeness (QED) is 0.582. The van der Waals surface area contributed by atoms with Gasteiger partial charge in [0.25, 0.3) is 0 Å². The van der Waals surface area contributed by atoms with Gasteiger partial charge in [0, 0.05) is 5.41 Å². The maximum Gasteiger partial charge on any atom is 0.0620 e. The molecule has 0 unspecified atom stereocenters. The molecule has 0 aromatic heterocycles. The van der Waals surface area contributed by atoms with Gasteiger partial charge in [-0.3, -0.25) is 0 Å². The maximum atomic E-state index is 9.78. The van der Waals surface area contributed by atoms with Crippen LogP contribution in [0.2, 0.25) is 0 Å². The summed E-state index contributed by atoms with van der Waals surface area (Å²) in [5.41, 5.74) is -0.260. The molecule has 0 aliphatic heterocycles. The molecule has 1 fully saturated rings. The minimum Gasteiger partial charge on any atom is -0.392 e. The molecule has 2 atom stereocenters.